The van der Waals surface area contributed by atoms with Crippen LogP contribution in [0.1, 0.15) is 20.3 Å². The highest BCUT2D eigenvalue weighted by Crippen LogP contribution is 2.38. The largest absolute Gasteiger partial charge is 0.486 e. The maximum Gasteiger partial charge on any atom is 0.163 e. The number of aliphatic hydroxyl groups excluding tert-OH is 1. The predicted octanol–water partition coefficient (Wildman–Crippen LogP) is 1.61. The van der Waals surface area contributed by atoms with Gasteiger partial charge in [0.05, 0.1) is 23.5 Å². The molecule has 1 heterocycles. The Morgan fingerprint density at radius 2 is 1.94 bits per heavy atom. The fourth-order valence-corrected chi connectivity index (χ4v) is 1.78. The van der Waals surface area contributed by atoms with Crippen molar-refractivity contribution in [2.24, 2.45) is 0 Å². The van der Waals surface area contributed by atoms with Crippen molar-refractivity contribution in [2.75, 3.05) is 30.9 Å². The lowest BCUT2D eigenvalue weighted by Gasteiger charge is -2.30. The maximum atomic E-state index is 9.42. The molecule has 0 saturated carbocycles. The van der Waals surface area contributed by atoms with E-state index in [9.17, 15) is 5.11 Å². The van der Waals surface area contributed by atoms with Crippen LogP contribution in [0.15, 0.2) is 12.1 Å². The molecule has 1 atom stereocenters. The Balaban J connectivity index is 2.28. The Morgan fingerprint density at radius 3 is 2.50 bits per heavy atom. The number of ether oxygens (including phenoxy) is 2. The molecule has 100 valence electrons. The summed E-state index contributed by atoms with van der Waals surface area (Å²) in [5.74, 6) is 1.36. The first-order chi connectivity index (χ1) is 8.58. The third kappa shape index (κ3) is 2.46. The van der Waals surface area contributed by atoms with Gasteiger partial charge in [-0.15, -0.1) is 0 Å². The Bertz CT molecular complexity index is 430. The van der Waals surface area contributed by atoms with Gasteiger partial charge >= 0.3 is 0 Å². The summed E-state index contributed by atoms with van der Waals surface area (Å²) in [7, 11) is 0. The highest BCUT2D eigenvalue weighted by atomic mass is 16.6. The Morgan fingerprint density at radius 1 is 1.33 bits per heavy atom. The molecule has 4 N–H and O–H groups in total. The second kappa shape index (κ2) is 4.94. The highest BCUT2D eigenvalue weighted by molar-refractivity contribution is 5.72. The summed E-state index contributed by atoms with van der Waals surface area (Å²) in [6.07, 6.45) is 0.789. The number of nitrogens with one attached hydrogen (secondary N) is 1. The van der Waals surface area contributed by atoms with E-state index in [1.807, 2.05) is 19.9 Å². The number of fused-ring (bicyclic) bond motifs is 1. The predicted molar refractivity (Wildman–Crippen MR) is 71.2 cm³/mol. The standard InChI is InChI=1S/C13H20N2O3/c1-3-13(2,8-16)15-10-7-12-11(6-9(10)14)17-4-5-18-12/h6-7,15-16H,3-5,8,14H2,1-2H3. The van der Waals surface area contributed by atoms with Crippen molar-refractivity contribution in [3.05, 3.63) is 12.1 Å². The van der Waals surface area contributed by atoms with E-state index in [4.69, 9.17) is 15.2 Å². The number of aliphatic hydroxyl groups is 1. The zero-order valence-electron chi connectivity index (χ0n) is 10.8. The van der Waals surface area contributed by atoms with Crippen LogP contribution >= 0.6 is 0 Å². The van der Waals surface area contributed by atoms with Gasteiger partial charge in [-0.05, 0) is 13.3 Å². The molecule has 5 nitrogen and oxygen atoms in total. The van der Waals surface area contributed by atoms with Crippen LogP contribution in [0.5, 0.6) is 11.5 Å². The van der Waals surface area contributed by atoms with Crippen molar-refractivity contribution in [3.63, 3.8) is 0 Å². The second-order valence-electron chi connectivity index (χ2n) is 4.78. The summed E-state index contributed by atoms with van der Waals surface area (Å²) in [5.41, 5.74) is 6.94. The molecule has 0 radical (unpaired) electrons. The Labute approximate surface area is 107 Å². The highest BCUT2D eigenvalue weighted by Gasteiger charge is 2.23. The first-order valence-electron chi connectivity index (χ1n) is 6.16. The van der Waals surface area contributed by atoms with Crippen LogP contribution in [-0.2, 0) is 0 Å². The molecular formula is C13H20N2O3. The van der Waals surface area contributed by atoms with Crippen LogP contribution in [-0.4, -0.2) is 30.5 Å². The number of benzene rings is 1. The lowest BCUT2D eigenvalue weighted by molar-refractivity contribution is 0.171. The molecule has 0 bridgehead atoms. The van der Waals surface area contributed by atoms with Gasteiger partial charge in [0.15, 0.2) is 11.5 Å². The zero-order chi connectivity index (χ0) is 13.2. The van der Waals surface area contributed by atoms with Crippen molar-refractivity contribution in [3.8, 4) is 11.5 Å². The summed E-state index contributed by atoms with van der Waals surface area (Å²) < 4.78 is 11.0. The molecule has 1 unspecified atom stereocenters. The van der Waals surface area contributed by atoms with Crippen LogP contribution in [0.3, 0.4) is 0 Å². The molecule has 1 aromatic rings. The third-order valence-corrected chi connectivity index (χ3v) is 3.28. The van der Waals surface area contributed by atoms with Crippen LogP contribution < -0.4 is 20.5 Å². The summed E-state index contributed by atoms with van der Waals surface area (Å²) in [5, 5.41) is 12.7. The topological polar surface area (TPSA) is 76.7 Å². The summed E-state index contributed by atoms with van der Waals surface area (Å²) >= 11 is 0. The molecule has 0 saturated heterocycles. The molecule has 0 amide bonds. The Kier molecular flexibility index (Phi) is 3.52. The molecule has 1 aliphatic heterocycles. The average molecular weight is 252 g/mol. The smallest absolute Gasteiger partial charge is 0.163 e. The SMILES string of the molecule is CCC(C)(CO)Nc1cc2c(cc1N)OCCO2. The van der Waals surface area contributed by atoms with Crippen LogP contribution in [0, 0.1) is 0 Å². The quantitative estimate of drug-likeness (QED) is 0.710. The van der Waals surface area contributed by atoms with Crippen molar-refractivity contribution in [1.82, 2.24) is 0 Å². The molecule has 2 rings (SSSR count). The van der Waals surface area contributed by atoms with E-state index < -0.39 is 5.54 Å². The van der Waals surface area contributed by atoms with E-state index in [-0.39, 0.29) is 6.61 Å². The molecule has 0 aliphatic carbocycles. The second-order valence-corrected chi connectivity index (χ2v) is 4.78. The summed E-state index contributed by atoms with van der Waals surface area (Å²) in [6, 6.07) is 3.58. The minimum Gasteiger partial charge on any atom is -0.486 e. The lowest BCUT2D eigenvalue weighted by Crippen LogP contribution is -2.38. The number of hydrogen-bond donors (Lipinski definition) is 3. The van der Waals surface area contributed by atoms with Gasteiger partial charge in [0, 0.05) is 12.1 Å². The fourth-order valence-electron chi connectivity index (χ4n) is 1.78. The molecule has 1 aliphatic rings. The molecule has 0 spiro atoms. The van der Waals surface area contributed by atoms with Crippen LogP contribution in [0.2, 0.25) is 0 Å². The van der Waals surface area contributed by atoms with E-state index in [1.54, 1.807) is 6.07 Å². The van der Waals surface area contributed by atoms with Crippen LogP contribution in [0.4, 0.5) is 11.4 Å². The molecule has 1 aromatic carbocycles. The van der Waals surface area contributed by atoms with Gasteiger partial charge in [-0.3, -0.25) is 0 Å². The van der Waals surface area contributed by atoms with Crippen molar-refractivity contribution < 1.29 is 14.6 Å². The van der Waals surface area contributed by atoms with E-state index in [1.165, 1.54) is 0 Å². The van der Waals surface area contributed by atoms with Gasteiger partial charge in [0.25, 0.3) is 0 Å². The van der Waals surface area contributed by atoms with Gasteiger partial charge in [-0.25, -0.2) is 0 Å². The van der Waals surface area contributed by atoms with E-state index in [0.29, 0.717) is 30.4 Å². The van der Waals surface area contributed by atoms with Crippen molar-refractivity contribution >= 4 is 11.4 Å². The normalized spacial score (nSPS) is 17.1. The number of nitrogens with two attached hydrogens (primary N) is 1. The van der Waals surface area contributed by atoms with Crippen molar-refractivity contribution in [2.45, 2.75) is 25.8 Å². The number of hydrogen-bond acceptors (Lipinski definition) is 5. The van der Waals surface area contributed by atoms with Gasteiger partial charge < -0.3 is 25.6 Å². The third-order valence-electron chi connectivity index (χ3n) is 3.28. The van der Waals surface area contributed by atoms with Crippen LogP contribution in [0.25, 0.3) is 0 Å². The number of nitrogen functional groups attached to an aromatic ring is 1. The van der Waals surface area contributed by atoms with Gasteiger partial charge in [0.2, 0.25) is 0 Å². The zero-order valence-corrected chi connectivity index (χ0v) is 10.8. The first kappa shape index (κ1) is 12.8. The summed E-state index contributed by atoms with van der Waals surface area (Å²) in [6.45, 7) is 5.09. The van der Waals surface area contributed by atoms with Gasteiger partial charge in [-0.1, -0.05) is 6.92 Å². The minimum atomic E-state index is -0.391. The first-order valence-corrected chi connectivity index (χ1v) is 6.16. The number of rotatable bonds is 4. The molecule has 18 heavy (non-hydrogen) atoms. The van der Waals surface area contributed by atoms with Gasteiger partial charge in [0.1, 0.15) is 13.2 Å². The molecule has 0 fully saturated rings. The lowest BCUT2D eigenvalue weighted by atomic mass is 9.99. The van der Waals surface area contributed by atoms with Crippen molar-refractivity contribution in [1.29, 1.82) is 0 Å². The maximum absolute atomic E-state index is 9.42. The molecular weight excluding hydrogens is 232 g/mol. The average Bonchev–Trinajstić information content (AvgIpc) is 2.39. The van der Waals surface area contributed by atoms with Gasteiger partial charge in [-0.2, -0.15) is 0 Å². The number of anilines is 2. The molecule has 0 aromatic heterocycles. The van der Waals surface area contributed by atoms with E-state index >= 15 is 0 Å². The molecule has 5 heteroatoms. The fraction of sp³-hybridized carbons (Fsp3) is 0.538. The van der Waals surface area contributed by atoms with E-state index in [2.05, 4.69) is 5.32 Å². The Hall–Kier alpha value is -1.62. The monoisotopic (exact) mass is 252 g/mol. The summed E-state index contributed by atoms with van der Waals surface area (Å²) in [4.78, 5) is 0. The van der Waals surface area contributed by atoms with E-state index in [0.717, 1.165) is 12.1 Å². The minimum absolute atomic E-state index is 0.0391.